The van der Waals surface area contributed by atoms with Gasteiger partial charge < -0.3 is 9.73 Å². The van der Waals surface area contributed by atoms with Gasteiger partial charge in [0.25, 0.3) is 7.37 Å². The van der Waals surface area contributed by atoms with E-state index < -0.39 is 7.37 Å². The van der Waals surface area contributed by atoms with Gasteiger partial charge in [0.2, 0.25) is 0 Å². The first-order chi connectivity index (χ1) is 10.9. The second kappa shape index (κ2) is 5.88. The maximum Gasteiger partial charge on any atom is 0.264 e. The van der Waals surface area contributed by atoms with Gasteiger partial charge in [-0.3, -0.25) is 4.57 Å². The lowest BCUT2D eigenvalue weighted by Crippen LogP contribution is -2.22. The van der Waals surface area contributed by atoms with Crippen molar-refractivity contribution in [2.45, 2.75) is 26.9 Å². The SMILES string of the molecule is Cc1c(P(=O)(OC(C)C)c2ccccc2)c2ccccc2n1O. The summed E-state index contributed by atoms with van der Waals surface area (Å²) in [6, 6.07) is 16.6. The minimum absolute atomic E-state index is 0.207. The molecule has 0 radical (unpaired) electrons. The normalized spacial score (nSPS) is 14.3. The molecule has 0 saturated carbocycles. The maximum atomic E-state index is 13.9. The van der Waals surface area contributed by atoms with Crippen molar-refractivity contribution in [3.63, 3.8) is 0 Å². The van der Waals surface area contributed by atoms with E-state index in [2.05, 4.69) is 0 Å². The lowest BCUT2D eigenvalue weighted by molar-refractivity contribution is 0.194. The van der Waals surface area contributed by atoms with Gasteiger partial charge in [-0.05, 0) is 39.0 Å². The van der Waals surface area contributed by atoms with E-state index in [0.29, 0.717) is 21.8 Å². The lowest BCUT2D eigenvalue weighted by Gasteiger charge is -2.22. The lowest BCUT2D eigenvalue weighted by atomic mass is 10.2. The first-order valence-electron chi connectivity index (χ1n) is 7.59. The summed E-state index contributed by atoms with van der Waals surface area (Å²) in [5.41, 5.74) is 1.17. The van der Waals surface area contributed by atoms with Crippen LogP contribution in [0.3, 0.4) is 0 Å². The van der Waals surface area contributed by atoms with Gasteiger partial charge in [-0.2, -0.15) is 4.73 Å². The second-order valence-electron chi connectivity index (χ2n) is 5.80. The molecule has 0 fully saturated rings. The summed E-state index contributed by atoms with van der Waals surface area (Å²) in [6.07, 6.45) is -0.207. The zero-order valence-electron chi connectivity index (χ0n) is 13.4. The van der Waals surface area contributed by atoms with Crippen LogP contribution in [0, 0.1) is 6.92 Å². The zero-order chi connectivity index (χ0) is 16.6. The Morgan fingerprint density at radius 2 is 1.65 bits per heavy atom. The standard InChI is InChI=1S/C18H20NO3P/c1-13(2)22-23(21,15-9-5-4-6-10-15)18-14(3)19(20)17-12-8-7-11-16(17)18/h4-13,20H,1-3H3. The molecule has 1 heterocycles. The molecular formula is C18H20NO3P. The molecule has 0 aliphatic carbocycles. The van der Waals surface area contributed by atoms with Crippen molar-refractivity contribution in [2.75, 3.05) is 0 Å². The Morgan fingerprint density at radius 1 is 1.04 bits per heavy atom. The number of nitrogens with zero attached hydrogens (tertiary/aromatic N) is 1. The quantitative estimate of drug-likeness (QED) is 0.584. The minimum Gasteiger partial charge on any atom is -0.428 e. The highest BCUT2D eigenvalue weighted by molar-refractivity contribution is 7.75. The van der Waals surface area contributed by atoms with Gasteiger partial charge in [0.15, 0.2) is 0 Å². The van der Waals surface area contributed by atoms with Crippen molar-refractivity contribution < 1.29 is 14.3 Å². The van der Waals surface area contributed by atoms with E-state index in [9.17, 15) is 9.77 Å². The molecule has 2 aromatic carbocycles. The Bertz CT molecular complexity index is 884. The molecule has 120 valence electrons. The fraction of sp³-hybridized carbons (Fsp3) is 0.222. The molecule has 1 atom stereocenters. The van der Waals surface area contributed by atoms with E-state index in [1.165, 1.54) is 0 Å². The van der Waals surface area contributed by atoms with Crippen LogP contribution in [0.5, 0.6) is 0 Å². The highest BCUT2D eigenvalue weighted by atomic mass is 31.2. The van der Waals surface area contributed by atoms with Gasteiger partial charge in [0.1, 0.15) is 0 Å². The topological polar surface area (TPSA) is 51.5 Å². The summed E-state index contributed by atoms with van der Waals surface area (Å²) >= 11 is 0. The van der Waals surface area contributed by atoms with Crippen LogP contribution < -0.4 is 10.6 Å². The molecule has 0 aliphatic rings. The van der Waals surface area contributed by atoms with E-state index in [4.69, 9.17) is 4.52 Å². The van der Waals surface area contributed by atoms with Gasteiger partial charge in [-0.25, -0.2) is 0 Å². The number of fused-ring (bicyclic) bond motifs is 1. The molecule has 1 N–H and O–H groups in total. The third-order valence-corrected chi connectivity index (χ3v) is 6.65. The molecule has 23 heavy (non-hydrogen) atoms. The second-order valence-corrected chi connectivity index (χ2v) is 8.08. The number of hydrogen-bond donors (Lipinski definition) is 1. The van der Waals surface area contributed by atoms with Crippen LogP contribution in [0.25, 0.3) is 10.9 Å². The third-order valence-electron chi connectivity index (χ3n) is 3.80. The van der Waals surface area contributed by atoms with Crippen LogP contribution in [-0.4, -0.2) is 16.0 Å². The van der Waals surface area contributed by atoms with Crippen molar-refractivity contribution in [1.82, 2.24) is 4.73 Å². The van der Waals surface area contributed by atoms with Gasteiger partial charge in [-0.15, -0.1) is 0 Å². The van der Waals surface area contributed by atoms with Crippen LogP contribution >= 0.6 is 7.37 Å². The van der Waals surface area contributed by atoms with Crippen LogP contribution in [0.4, 0.5) is 0 Å². The average molecular weight is 329 g/mol. The summed E-state index contributed by atoms with van der Waals surface area (Å²) in [7, 11) is -3.32. The third kappa shape index (κ3) is 2.58. The highest BCUT2D eigenvalue weighted by Gasteiger charge is 2.35. The van der Waals surface area contributed by atoms with E-state index in [0.717, 1.165) is 10.1 Å². The van der Waals surface area contributed by atoms with Crippen molar-refractivity contribution >= 4 is 28.9 Å². The van der Waals surface area contributed by atoms with Gasteiger partial charge in [0, 0.05) is 10.7 Å². The maximum absolute atomic E-state index is 13.9. The smallest absolute Gasteiger partial charge is 0.264 e. The Labute approximate surface area is 135 Å². The summed E-state index contributed by atoms with van der Waals surface area (Å²) in [5.74, 6) is 0. The van der Waals surface area contributed by atoms with E-state index >= 15 is 0 Å². The predicted molar refractivity (Wildman–Crippen MR) is 93.4 cm³/mol. The van der Waals surface area contributed by atoms with E-state index in [1.54, 1.807) is 13.0 Å². The molecule has 3 rings (SSSR count). The minimum atomic E-state index is -3.32. The summed E-state index contributed by atoms with van der Waals surface area (Å²) in [4.78, 5) is 0. The monoisotopic (exact) mass is 329 g/mol. The van der Waals surface area contributed by atoms with E-state index in [-0.39, 0.29) is 6.10 Å². The van der Waals surface area contributed by atoms with Crippen molar-refractivity contribution in [3.05, 3.63) is 60.3 Å². The Kier molecular flexibility index (Phi) is 4.05. The Balaban J connectivity index is 2.35. The van der Waals surface area contributed by atoms with Crippen molar-refractivity contribution in [3.8, 4) is 0 Å². The largest absolute Gasteiger partial charge is 0.428 e. The van der Waals surface area contributed by atoms with Gasteiger partial charge in [0.05, 0.1) is 22.6 Å². The molecule has 1 aromatic heterocycles. The molecule has 1 unspecified atom stereocenters. The molecule has 5 heteroatoms. The summed E-state index contributed by atoms with van der Waals surface area (Å²) in [6.45, 7) is 5.49. The van der Waals surface area contributed by atoms with Crippen LogP contribution in [-0.2, 0) is 9.09 Å². The zero-order valence-corrected chi connectivity index (χ0v) is 14.3. The Hall–Kier alpha value is -2.03. The molecular weight excluding hydrogens is 309 g/mol. The summed E-state index contributed by atoms with van der Waals surface area (Å²) < 4.78 is 21.0. The molecule has 3 aromatic rings. The van der Waals surface area contributed by atoms with Crippen molar-refractivity contribution in [2.24, 2.45) is 0 Å². The number of rotatable bonds is 4. The number of para-hydroxylation sites is 1. The van der Waals surface area contributed by atoms with Crippen LogP contribution in [0.1, 0.15) is 19.5 Å². The molecule has 0 saturated heterocycles. The number of hydrogen-bond acceptors (Lipinski definition) is 3. The molecule has 0 spiro atoms. The van der Waals surface area contributed by atoms with Crippen molar-refractivity contribution in [1.29, 1.82) is 0 Å². The Morgan fingerprint density at radius 3 is 2.30 bits per heavy atom. The predicted octanol–water partition coefficient (Wildman–Crippen LogP) is 3.84. The number of aromatic nitrogens is 1. The van der Waals surface area contributed by atoms with Crippen LogP contribution in [0.15, 0.2) is 54.6 Å². The van der Waals surface area contributed by atoms with E-state index in [1.807, 2.05) is 62.4 Å². The molecule has 4 nitrogen and oxygen atoms in total. The molecule has 0 amide bonds. The molecule has 0 bridgehead atoms. The number of benzene rings is 2. The fourth-order valence-electron chi connectivity index (χ4n) is 2.87. The summed E-state index contributed by atoms with van der Waals surface area (Å²) in [5, 5.41) is 12.3. The first-order valence-corrected chi connectivity index (χ1v) is 9.21. The molecule has 0 aliphatic heterocycles. The van der Waals surface area contributed by atoms with Gasteiger partial charge in [-0.1, -0.05) is 36.4 Å². The first kappa shape index (κ1) is 15.9. The van der Waals surface area contributed by atoms with Gasteiger partial charge >= 0.3 is 0 Å². The average Bonchev–Trinajstić information content (AvgIpc) is 2.80. The van der Waals surface area contributed by atoms with Crippen LogP contribution in [0.2, 0.25) is 0 Å². The fourth-order valence-corrected chi connectivity index (χ4v) is 5.54. The highest BCUT2D eigenvalue weighted by Crippen LogP contribution is 2.49.